The van der Waals surface area contributed by atoms with Crippen molar-refractivity contribution in [1.82, 2.24) is 14.8 Å². The van der Waals surface area contributed by atoms with Gasteiger partial charge in [-0.15, -0.1) is 0 Å². The smallest absolute Gasteiger partial charge is 0.164 e. The largest absolute Gasteiger partial charge is 0.485 e. The van der Waals surface area contributed by atoms with E-state index in [9.17, 15) is 4.39 Å². The highest BCUT2D eigenvalue weighted by Gasteiger charge is 2.09. The van der Waals surface area contributed by atoms with Crippen LogP contribution in [0.1, 0.15) is 18.3 Å². The molecule has 1 heterocycles. The van der Waals surface area contributed by atoms with Gasteiger partial charge in [0.05, 0.1) is 0 Å². The summed E-state index contributed by atoms with van der Waals surface area (Å²) in [5.41, 5.74) is 6.52. The molecular formula is C13H17FN4O. The molecule has 0 saturated heterocycles. The number of rotatable bonds is 5. The maximum absolute atomic E-state index is 13.3. The van der Waals surface area contributed by atoms with E-state index < -0.39 is 0 Å². The normalized spacial score (nSPS) is 12.4. The highest BCUT2D eigenvalue weighted by Crippen LogP contribution is 2.22. The lowest BCUT2D eigenvalue weighted by atomic mass is 10.1. The van der Waals surface area contributed by atoms with Crippen molar-refractivity contribution in [2.24, 2.45) is 12.8 Å². The molecule has 0 aliphatic heterocycles. The highest BCUT2D eigenvalue weighted by molar-refractivity contribution is 5.34. The van der Waals surface area contributed by atoms with Crippen molar-refractivity contribution in [3.8, 4) is 5.75 Å². The molecule has 102 valence electrons. The van der Waals surface area contributed by atoms with Gasteiger partial charge in [0, 0.05) is 13.1 Å². The van der Waals surface area contributed by atoms with Crippen molar-refractivity contribution in [2.75, 3.05) is 0 Å². The predicted molar refractivity (Wildman–Crippen MR) is 69.1 cm³/mol. The first-order chi connectivity index (χ1) is 9.06. The van der Waals surface area contributed by atoms with E-state index in [-0.39, 0.29) is 18.5 Å². The summed E-state index contributed by atoms with van der Waals surface area (Å²) in [5.74, 6) is 1.04. The van der Waals surface area contributed by atoms with Gasteiger partial charge in [0.25, 0.3) is 0 Å². The van der Waals surface area contributed by atoms with Crippen LogP contribution in [0.2, 0.25) is 0 Å². The van der Waals surface area contributed by atoms with Crippen LogP contribution in [-0.4, -0.2) is 20.8 Å². The Balaban J connectivity index is 2.13. The zero-order valence-electron chi connectivity index (χ0n) is 11.0. The van der Waals surface area contributed by atoms with Crippen molar-refractivity contribution in [3.63, 3.8) is 0 Å². The first-order valence-electron chi connectivity index (χ1n) is 6.06. The van der Waals surface area contributed by atoms with E-state index in [0.717, 1.165) is 5.56 Å². The summed E-state index contributed by atoms with van der Waals surface area (Å²) in [4.78, 5) is 4.07. The number of benzene rings is 1. The van der Waals surface area contributed by atoms with Gasteiger partial charge in [0.1, 0.15) is 24.5 Å². The predicted octanol–water partition coefficient (Wildman–Crippen LogP) is 1.42. The van der Waals surface area contributed by atoms with E-state index in [1.807, 2.05) is 6.92 Å². The molecule has 2 N–H and O–H groups in total. The molecule has 5 nitrogen and oxygen atoms in total. The molecule has 0 fully saturated rings. The number of aryl methyl sites for hydroxylation is 1. The van der Waals surface area contributed by atoms with Gasteiger partial charge in [-0.1, -0.05) is 0 Å². The minimum absolute atomic E-state index is 0.0565. The SMILES string of the molecule is CC(N)Cc1cc(F)ccc1OCc1ncnn1C. The van der Waals surface area contributed by atoms with Crippen LogP contribution in [0.25, 0.3) is 0 Å². The Morgan fingerprint density at radius 2 is 2.26 bits per heavy atom. The summed E-state index contributed by atoms with van der Waals surface area (Å²) in [6.45, 7) is 2.16. The molecule has 19 heavy (non-hydrogen) atoms. The van der Waals surface area contributed by atoms with Crippen LogP contribution in [0.5, 0.6) is 5.75 Å². The Morgan fingerprint density at radius 3 is 2.89 bits per heavy atom. The van der Waals surface area contributed by atoms with Gasteiger partial charge in [-0.2, -0.15) is 5.10 Å². The number of hydrogen-bond donors (Lipinski definition) is 1. The first kappa shape index (κ1) is 13.5. The average molecular weight is 264 g/mol. The Bertz CT molecular complexity index is 553. The van der Waals surface area contributed by atoms with Crippen LogP contribution in [-0.2, 0) is 20.1 Å². The fourth-order valence-electron chi connectivity index (χ4n) is 1.79. The lowest BCUT2D eigenvalue weighted by Crippen LogP contribution is -2.18. The third kappa shape index (κ3) is 3.51. The van der Waals surface area contributed by atoms with E-state index in [2.05, 4.69) is 10.1 Å². The second-order valence-electron chi connectivity index (χ2n) is 4.52. The summed E-state index contributed by atoms with van der Waals surface area (Å²) in [7, 11) is 1.79. The number of hydrogen-bond acceptors (Lipinski definition) is 4. The van der Waals surface area contributed by atoms with Crippen LogP contribution in [0.15, 0.2) is 24.5 Å². The number of halogens is 1. The number of nitrogens with two attached hydrogens (primary N) is 1. The Hall–Kier alpha value is -1.95. The molecule has 1 aromatic carbocycles. The number of ether oxygens (including phenoxy) is 1. The molecule has 2 rings (SSSR count). The third-order valence-electron chi connectivity index (χ3n) is 2.73. The molecule has 2 aromatic rings. The Labute approximate surface area is 111 Å². The van der Waals surface area contributed by atoms with Gasteiger partial charge >= 0.3 is 0 Å². The molecule has 0 spiro atoms. The maximum Gasteiger partial charge on any atom is 0.164 e. The second kappa shape index (κ2) is 5.79. The second-order valence-corrected chi connectivity index (χ2v) is 4.52. The summed E-state index contributed by atoms with van der Waals surface area (Å²) < 4.78 is 20.6. The summed E-state index contributed by atoms with van der Waals surface area (Å²) in [6.07, 6.45) is 2.03. The van der Waals surface area contributed by atoms with Gasteiger partial charge < -0.3 is 10.5 Å². The number of nitrogens with zero attached hydrogens (tertiary/aromatic N) is 3. The molecular weight excluding hydrogens is 247 g/mol. The van der Waals surface area contributed by atoms with Crippen LogP contribution in [0, 0.1) is 5.82 Å². The average Bonchev–Trinajstić information content (AvgIpc) is 2.73. The molecule has 0 bridgehead atoms. The molecule has 0 radical (unpaired) electrons. The lowest BCUT2D eigenvalue weighted by Gasteiger charge is -2.13. The zero-order chi connectivity index (χ0) is 13.8. The van der Waals surface area contributed by atoms with Gasteiger partial charge in [0.2, 0.25) is 0 Å². The molecule has 1 unspecified atom stereocenters. The third-order valence-corrected chi connectivity index (χ3v) is 2.73. The van der Waals surface area contributed by atoms with Crippen LogP contribution >= 0.6 is 0 Å². The minimum atomic E-state index is -0.290. The van der Waals surface area contributed by atoms with Gasteiger partial charge in [-0.05, 0) is 37.1 Å². The Morgan fingerprint density at radius 1 is 1.47 bits per heavy atom. The number of aromatic nitrogens is 3. The zero-order valence-corrected chi connectivity index (χ0v) is 11.0. The fraction of sp³-hybridized carbons (Fsp3) is 0.385. The summed E-state index contributed by atoms with van der Waals surface area (Å²) in [5, 5.41) is 3.96. The Kier molecular flexibility index (Phi) is 4.11. The molecule has 0 saturated carbocycles. The summed E-state index contributed by atoms with van der Waals surface area (Å²) >= 11 is 0. The van der Waals surface area contributed by atoms with Gasteiger partial charge in [-0.3, -0.25) is 4.68 Å². The van der Waals surface area contributed by atoms with Crippen molar-refractivity contribution in [3.05, 3.63) is 41.7 Å². The van der Waals surface area contributed by atoms with Crippen LogP contribution in [0.3, 0.4) is 0 Å². The molecule has 0 amide bonds. The van der Waals surface area contributed by atoms with E-state index in [1.165, 1.54) is 18.5 Å². The standard InChI is InChI=1S/C13H17FN4O/c1-9(15)5-10-6-11(14)3-4-12(10)19-7-13-16-8-17-18(13)2/h3-4,6,8-9H,5,7,15H2,1-2H3. The van der Waals surface area contributed by atoms with Crippen molar-refractivity contribution in [1.29, 1.82) is 0 Å². The molecule has 0 aliphatic carbocycles. The fourth-order valence-corrected chi connectivity index (χ4v) is 1.79. The molecule has 0 aliphatic rings. The highest BCUT2D eigenvalue weighted by atomic mass is 19.1. The lowest BCUT2D eigenvalue weighted by molar-refractivity contribution is 0.286. The van der Waals surface area contributed by atoms with Gasteiger partial charge in [-0.25, -0.2) is 9.37 Å². The van der Waals surface area contributed by atoms with Crippen molar-refractivity contribution >= 4 is 0 Å². The van der Waals surface area contributed by atoms with Gasteiger partial charge in [0.15, 0.2) is 5.82 Å². The van der Waals surface area contributed by atoms with Crippen molar-refractivity contribution < 1.29 is 9.13 Å². The minimum Gasteiger partial charge on any atom is -0.485 e. The van der Waals surface area contributed by atoms with E-state index in [1.54, 1.807) is 17.8 Å². The maximum atomic E-state index is 13.3. The first-order valence-corrected chi connectivity index (χ1v) is 6.06. The molecule has 1 aromatic heterocycles. The van der Waals surface area contributed by atoms with Crippen LogP contribution < -0.4 is 10.5 Å². The molecule has 6 heteroatoms. The topological polar surface area (TPSA) is 66.0 Å². The quantitative estimate of drug-likeness (QED) is 0.887. The van der Waals surface area contributed by atoms with E-state index in [4.69, 9.17) is 10.5 Å². The van der Waals surface area contributed by atoms with E-state index >= 15 is 0 Å². The van der Waals surface area contributed by atoms with E-state index in [0.29, 0.717) is 18.0 Å². The van der Waals surface area contributed by atoms with Crippen molar-refractivity contribution in [2.45, 2.75) is 26.0 Å². The monoisotopic (exact) mass is 264 g/mol. The van der Waals surface area contributed by atoms with Crippen LogP contribution in [0.4, 0.5) is 4.39 Å². The summed E-state index contributed by atoms with van der Waals surface area (Å²) in [6, 6.07) is 4.38. The molecule has 1 atom stereocenters.